The molecule has 6 nitrogen and oxygen atoms in total. The van der Waals surface area contributed by atoms with Crippen LogP contribution in [0.15, 0.2) is 30.3 Å². The Morgan fingerprint density at radius 1 is 1.23 bits per heavy atom. The van der Waals surface area contributed by atoms with Gasteiger partial charge in [0.05, 0.1) is 6.54 Å². The summed E-state index contributed by atoms with van der Waals surface area (Å²) in [7, 11) is 1.77. The molecule has 0 bridgehead atoms. The van der Waals surface area contributed by atoms with E-state index in [1.54, 1.807) is 7.05 Å². The Bertz CT molecular complexity index is 492. The maximum absolute atomic E-state index is 12.1. The van der Waals surface area contributed by atoms with Gasteiger partial charge >= 0.3 is 6.03 Å². The predicted molar refractivity (Wildman–Crippen MR) is 86.7 cm³/mol. The molecule has 0 saturated carbocycles. The minimum atomic E-state index is -0.238. The van der Waals surface area contributed by atoms with Gasteiger partial charge in [0.25, 0.3) is 0 Å². The van der Waals surface area contributed by atoms with Crippen molar-refractivity contribution in [3.8, 4) is 0 Å². The van der Waals surface area contributed by atoms with E-state index in [0.717, 1.165) is 31.5 Å². The molecule has 22 heavy (non-hydrogen) atoms. The molecule has 2 rings (SSSR count). The fourth-order valence-corrected chi connectivity index (χ4v) is 2.70. The molecule has 3 amide bonds. The van der Waals surface area contributed by atoms with Gasteiger partial charge in [0.15, 0.2) is 0 Å². The monoisotopic (exact) mass is 304 g/mol. The van der Waals surface area contributed by atoms with Gasteiger partial charge in [-0.25, -0.2) is 4.79 Å². The van der Waals surface area contributed by atoms with Crippen molar-refractivity contribution in [2.24, 2.45) is 0 Å². The highest BCUT2D eigenvalue weighted by atomic mass is 16.2. The predicted octanol–water partition coefficient (Wildman–Crippen LogP) is 1.41. The third-order valence-corrected chi connectivity index (χ3v) is 3.81. The molecule has 1 aromatic rings. The summed E-state index contributed by atoms with van der Waals surface area (Å²) in [5.74, 6) is 0.0949. The Balaban J connectivity index is 1.83. The maximum Gasteiger partial charge on any atom is 0.319 e. The molecular weight excluding hydrogens is 280 g/mol. The van der Waals surface area contributed by atoms with Gasteiger partial charge in [-0.1, -0.05) is 18.2 Å². The summed E-state index contributed by atoms with van der Waals surface area (Å²) in [6.07, 6.45) is 3.05. The number of piperidine rings is 1. The summed E-state index contributed by atoms with van der Waals surface area (Å²) >= 11 is 0. The minimum absolute atomic E-state index is 0.0797. The van der Waals surface area contributed by atoms with Crippen molar-refractivity contribution < 1.29 is 9.59 Å². The Kier molecular flexibility index (Phi) is 6.21. The average molecular weight is 304 g/mol. The van der Waals surface area contributed by atoms with E-state index < -0.39 is 0 Å². The van der Waals surface area contributed by atoms with Gasteiger partial charge in [-0.15, -0.1) is 0 Å². The van der Waals surface area contributed by atoms with Crippen LogP contribution in [0, 0.1) is 0 Å². The summed E-state index contributed by atoms with van der Waals surface area (Å²) < 4.78 is 0. The summed E-state index contributed by atoms with van der Waals surface area (Å²) in [5.41, 5.74) is 0.756. The standard InChI is InChI=1S/C16H24N4O2/c1-17-12-15(21)20-10-6-5-9-14(20)11-18-16(22)19-13-7-3-2-4-8-13/h2-4,7-8,14,17H,5-6,9-12H2,1H3,(H2,18,19,22). The van der Waals surface area contributed by atoms with E-state index in [4.69, 9.17) is 0 Å². The number of likely N-dealkylation sites (tertiary alicyclic amines) is 1. The van der Waals surface area contributed by atoms with Gasteiger partial charge in [0.2, 0.25) is 5.91 Å². The number of nitrogens with zero attached hydrogens (tertiary/aromatic N) is 1. The number of carbonyl (C=O) groups excluding carboxylic acids is 2. The SMILES string of the molecule is CNCC(=O)N1CCCCC1CNC(=O)Nc1ccccc1. The van der Waals surface area contributed by atoms with Crippen LogP contribution in [0.1, 0.15) is 19.3 Å². The van der Waals surface area contributed by atoms with Crippen LogP contribution in [-0.4, -0.2) is 49.6 Å². The number of anilines is 1. The number of hydrogen-bond donors (Lipinski definition) is 3. The zero-order valence-electron chi connectivity index (χ0n) is 13.0. The van der Waals surface area contributed by atoms with Crippen molar-refractivity contribution >= 4 is 17.6 Å². The molecule has 1 aromatic carbocycles. The summed E-state index contributed by atoms with van der Waals surface area (Å²) in [6, 6.07) is 9.15. The second-order valence-electron chi connectivity index (χ2n) is 5.47. The molecule has 1 saturated heterocycles. The van der Waals surface area contributed by atoms with E-state index in [1.165, 1.54) is 0 Å². The van der Waals surface area contributed by atoms with E-state index in [2.05, 4.69) is 16.0 Å². The lowest BCUT2D eigenvalue weighted by Gasteiger charge is -2.36. The zero-order chi connectivity index (χ0) is 15.8. The highest BCUT2D eigenvalue weighted by Crippen LogP contribution is 2.16. The lowest BCUT2D eigenvalue weighted by Crippen LogP contribution is -2.51. The van der Waals surface area contributed by atoms with Crippen molar-refractivity contribution in [1.82, 2.24) is 15.5 Å². The van der Waals surface area contributed by atoms with Crippen LogP contribution >= 0.6 is 0 Å². The van der Waals surface area contributed by atoms with Crippen LogP contribution in [0.25, 0.3) is 0 Å². The van der Waals surface area contributed by atoms with Crippen molar-refractivity contribution in [2.45, 2.75) is 25.3 Å². The Morgan fingerprint density at radius 2 is 2.00 bits per heavy atom. The smallest absolute Gasteiger partial charge is 0.319 e. The van der Waals surface area contributed by atoms with E-state index in [-0.39, 0.29) is 18.0 Å². The number of urea groups is 1. The number of carbonyl (C=O) groups is 2. The maximum atomic E-state index is 12.1. The number of nitrogens with one attached hydrogen (secondary N) is 3. The molecular formula is C16H24N4O2. The van der Waals surface area contributed by atoms with Gasteiger partial charge in [-0.2, -0.15) is 0 Å². The molecule has 1 heterocycles. The molecule has 1 unspecified atom stereocenters. The summed E-state index contributed by atoms with van der Waals surface area (Å²) in [5, 5.41) is 8.54. The number of hydrogen-bond acceptors (Lipinski definition) is 3. The molecule has 3 N–H and O–H groups in total. The van der Waals surface area contributed by atoms with Crippen LogP contribution in [0.4, 0.5) is 10.5 Å². The van der Waals surface area contributed by atoms with Gasteiger partial charge in [-0.05, 0) is 38.4 Å². The lowest BCUT2D eigenvalue weighted by atomic mass is 10.0. The largest absolute Gasteiger partial charge is 0.337 e. The van der Waals surface area contributed by atoms with Gasteiger partial charge < -0.3 is 20.9 Å². The Morgan fingerprint density at radius 3 is 2.73 bits per heavy atom. The minimum Gasteiger partial charge on any atom is -0.337 e. The van der Waals surface area contributed by atoms with Crippen molar-refractivity contribution in [3.63, 3.8) is 0 Å². The number of likely N-dealkylation sites (N-methyl/N-ethyl adjacent to an activating group) is 1. The number of rotatable bonds is 5. The third-order valence-electron chi connectivity index (χ3n) is 3.81. The fraction of sp³-hybridized carbons (Fsp3) is 0.500. The van der Waals surface area contributed by atoms with E-state index >= 15 is 0 Å². The molecule has 1 aliphatic heterocycles. The first kappa shape index (κ1) is 16.3. The van der Waals surface area contributed by atoms with Crippen LogP contribution < -0.4 is 16.0 Å². The van der Waals surface area contributed by atoms with E-state index in [0.29, 0.717) is 13.1 Å². The molecule has 0 aromatic heterocycles. The molecule has 1 atom stereocenters. The topological polar surface area (TPSA) is 73.5 Å². The summed E-state index contributed by atoms with van der Waals surface area (Å²) in [4.78, 5) is 25.9. The molecule has 1 aliphatic rings. The number of benzene rings is 1. The third kappa shape index (κ3) is 4.73. The molecule has 6 heteroatoms. The van der Waals surface area contributed by atoms with Crippen molar-refractivity contribution in [1.29, 1.82) is 0 Å². The first-order valence-electron chi connectivity index (χ1n) is 7.74. The first-order chi connectivity index (χ1) is 10.7. The average Bonchev–Trinajstić information content (AvgIpc) is 2.54. The van der Waals surface area contributed by atoms with Gasteiger partial charge in [0.1, 0.15) is 0 Å². The first-order valence-corrected chi connectivity index (χ1v) is 7.74. The Hall–Kier alpha value is -2.08. The zero-order valence-corrected chi connectivity index (χ0v) is 13.0. The molecule has 0 aliphatic carbocycles. The quantitative estimate of drug-likeness (QED) is 0.770. The number of amides is 3. The van der Waals surface area contributed by atoms with Gasteiger partial charge in [0, 0.05) is 24.8 Å². The second-order valence-corrected chi connectivity index (χ2v) is 5.47. The van der Waals surface area contributed by atoms with Crippen LogP contribution in [0.2, 0.25) is 0 Å². The Labute approximate surface area is 131 Å². The fourth-order valence-electron chi connectivity index (χ4n) is 2.70. The van der Waals surface area contributed by atoms with Crippen LogP contribution in [0.3, 0.4) is 0 Å². The normalized spacial score (nSPS) is 17.9. The molecule has 1 fully saturated rings. The highest BCUT2D eigenvalue weighted by molar-refractivity contribution is 5.89. The molecule has 120 valence electrons. The van der Waals surface area contributed by atoms with Gasteiger partial charge in [-0.3, -0.25) is 4.79 Å². The van der Waals surface area contributed by atoms with E-state index in [1.807, 2.05) is 35.2 Å². The van der Waals surface area contributed by atoms with Crippen molar-refractivity contribution in [3.05, 3.63) is 30.3 Å². The summed E-state index contributed by atoms with van der Waals surface area (Å²) in [6.45, 7) is 1.59. The lowest BCUT2D eigenvalue weighted by molar-refractivity contribution is -0.133. The number of para-hydroxylation sites is 1. The second kappa shape index (κ2) is 8.38. The van der Waals surface area contributed by atoms with E-state index in [9.17, 15) is 9.59 Å². The highest BCUT2D eigenvalue weighted by Gasteiger charge is 2.26. The van der Waals surface area contributed by atoms with Crippen molar-refractivity contribution in [2.75, 3.05) is 32.0 Å². The van der Waals surface area contributed by atoms with Crippen LogP contribution in [-0.2, 0) is 4.79 Å². The molecule has 0 radical (unpaired) electrons. The van der Waals surface area contributed by atoms with Crippen LogP contribution in [0.5, 0.6) is 0 Å². The molecule has 0 spiro atoms.